The van der Waals surface area contributed by atoms with Crippen LogP contribution in [0.2, 0.25) is 0 Å². The first-order valence-electron chi connectivity index (χ1n) is 8.17. The van der Waals surface area contributed by atoms with E-state index in [0.29, 0.717) is 0 Å². The molecule has 2 atom stereocenters. The topological polar surface area (TPSA) is 38.5 Å². The van der Waals surface area contributed by atoms with Crippen molar-refractivity contribution in [2.24, 2.45) is 17.6 Å². The third-order valence-corrected chi connectivity index (χ3v) is 4.87. The van der Waals surface area contributed by atoms with Crippen LogP contribution in [0.4, 0.5) is 0 Å². The van der Waals surface area contributed by atoms with Gasteiger partial charge in [0, 0.05) is 11.6 Å². The van der Waals surface area contributed by atoms with Gasteiger partial charge >= 0.3 is 0 Å². The molecule has 1 fully saturated rings. The minimum absolute atomic E-state index is 0.0944. The number of piperidine rings is 1. The first-order valence-corrected chi connectivity index (χ1v) is 8.17. The van der Waals surface area contributed by atoms with Crippen molar-refractivity contribution in [1.29, 1.82) is 0 Å². The van der Waals surface area contributed by atoms with Crippen LogP contribution in [-0.4, -0.2) is 31.1 Å². The number of hydrogen-bond acceptors (Lipinski definition) is 3. The Kier molecular flexibility index (Phi) is 5.65. The molecule has 2 N–H and O–H groups in total. The average Bonchev–Trinajstić information content (AvgIpc) is 2.48. The molecule has 0 spiro atoms. The standard InChI is InChI=1S/C18H30N2O/c1-13(2)15-9-11-20(12-10-15)18(14(3)19)16-7-5-6-8-17(16)21-4/h5-8,13-15,18H,9-12,19H2,1-4H3. The number of methoxy groups -OCH3 is 1. The quantitative estimate of drug-likeness (QED) is 0.902. The smallest absolute Gasteiger partial charge is 0.123 e. The Morgan fingerprint density at radius 2 is 1.76 bits per heavy atom. The van der Waals surface area contributed by atoms with Crippen molar-refractivity contribution >= 4 is 0 Å². The molecule has 1 aliphatic heterocycles. The first kappa shape index (κ1) is 16.3. The van der Waals surface area contributed by atoms with Crippen molar-refractivity contribution in [2.45, 2.75) is 45.7 Å². The predicted molar refractivity (Wildman–Crippen MR) is 88.5 cm³/mol. The summed E-state index contributed by atoms with van der Waals surface area (Å²) in [4.78, 5) is 2.54. The van der Waals surface area contributed by atoms with Gasteiger partial charge < -0.3 is 10.5 Å². The number of rotatable bonds is 5. The molecule has 21 heavy (non-hydrogen) atoms. The van der Waals surface area contributed by atoms with E-state index in [1.54, 1.807) is 7.11 Å². The van der Waals surface area contributed by atoms with Crippen molar-refractivity contribution in [1.82, 2.24) is 4.90 Å². The van der Waals surface area contributed by atoms with Crippen molar-refractivity contribution in [3.8, 4) is 5.75 Å². The number of benzene rings is 1. The highest BCUT2D eigenvalue weighted by Crippen LogP contribution is 2.35. The summed E-state index contributed by atoms with van der Waals surface area (Å²) in [6, 6.07) is 8.62. The number of hydrogen-bond donors (Lipinski definition) is 1. The van der Waals surface area contributed by atoms with Crippen LogP contribution in [0.1, 0.15) is 45.2 Å². The molecule has 0 amide bonds. The molecule has 0 radical (unpaired) electrons. The average molecular weight is 290 g/mol. The fourth-order valence-corrected chi connectivity index (χ4v) is 3.59. The van der Waals surface area contributed by atoms with Crippen LogP contribution in [0.15, 0.2) is 24.3 Å². The van der Waals surface area contributed by atoms with Crippen LogP contribution in [0, 0.1) is 11.8 Å². The molecule has 2 unspecified atom stereocenters. The summed E-state index contributed by atoms with van der Waals surface area (Å²) in [6.45, 7) is 9.04. The molecule has 0 bridgehead atoms. The summed E-state index contributed by atoms with van der Waals surface area (Å²) in [5.41, 5.74) is 7.54. The SMILES string of the molecule is COc1ccccc1C(C(C)N)N1CCC(C(C)C)CC1. The van der Waals surface area contributed by atoms with E-state index in [-0.39, 0.29) is 12.1 Å². The number of para-hydroxylation sites is 1. The molecular formula is C18H30N2O. The van der Waals surface area contributed by atoms with Gasteiger partial charge in [0.2, 0.25) is 0 Å². The summed E-state index contributed by atoms with van der Waals surface area (Å²) in [5.74, 6) is 2.59. The Hall–Kier alpha value is -1.06. The van der Waals surface area contributed by atoms with Gasteiger partial charge in [-0.15, -0.1) is 0 Å². The van der Waals surface area contributed by atoms with Gasteiger partial charge in [-0.25, -0.2) is 0 Å². The van der Waals surface area contributed by atoms with Gasteiger partial charge in [0.25, 0.3) is 0 Å². The van der Waals surface area contributed by atoms with Crippen LogP contribution in [-0.2, 0) is 0 Å². The molecular weight excluding hydrogens is 260 g/mol. The highest BCUT2D eigenvalue weighted by atomic mass is 16.5. The minimum Gasteiger partial charge on any atom is -0.496 e. The largest absolute Gasteiger partial charge is 0.496 e. The van der Waals surface area contributed by atoms with Crippen LogP contribution in [0.3, 0.4) is 0 Å². The van der Waals surface area contributed by atoms with Crippen molar-refractivity contribution in [3.63, 3.8) is 0 Å². The Balaban J connectivity index is 2.17. The molecule has 1 aromatic carbocycles. The molecule has 0 aromatic heterocycles. The van der Waals surface area contributed by atoms with Gasteiger partial charge in [-0.2, -0.15) is 0 Å². The Morgan fingerprint density at radius 3 is 2.29 bits per heavy atom. The molecule has 0 aliphatic carbocycles. The second-order valence-corrected chi connectivity index (χ2v) is 6.66. The van der Waals surface area contributed by atoms with E-state index < -0.39 is 0 Å². The zero-order chi connectivity index (χ0) is 15.4. The first-order chi connectivity index (χ1) is 10.0. The summed E-state index contributed by atoms with van der Waals surface area (Å²) in [7, 11) is 1.74. The lowest BCUT2D eigenvalue weighted by Crippen LogP contribution is -2.44. The normalized spacial score (nSPS) is 20.5. The van der Waals surface area contributed by atoms with Gasteiger partial charge in [-0.1, -0.05) is 32.0 Å². The van der Waals surface area contributed by atoms with Gasteiger partial charge in [-0.05, 0) is 50.8 Å². The van der Waals surface area contributed by atoms with Crippen LogP contribution in [0.5, 0.6) is 5.75 Å². The number of likely N-dealkylation sites (tertiary alicyclic amines) is 1. The van der Waals surface area contributed by atoms with E-state index >= 15 is 0 Å². The third kappa shape index (κ3) is 3.78. The Bertz CT molecular complexity index is 437. The van der Waals surface area contributed by atoms with E-state index in [4.69, 9.17) is 10.5 Å². The van der Waals surface area contributed by atoms with E-state index in [1.807, 2.05) is 12.1 Å². The number of nitrogens with zero attached hydrogens (tertiary/aromatic N) is 1. The molecule has 1 heterocycles. The predicted octanol–water partition coefficient (Wildman–Crippen LogP) is 3.45. The van der Waals surface area contributed by atoms with E-state index in [1.165, 1.54) is 18.4 Å². The van der Waals surface area contributed by atoms with Crippen LogP contribution >= 0.6 is 0 Å². The molecule has 1 aliphatic rings. The van der Waals surface area contributed by atoms with Gasteiger partial charge in [-0.3, -0.25) is 4.90 Å². The summed E-state index contributed by atoms with van der Waals surface area (Å²) < 4.78 is 5.54. The van der Waals surface area contributed by atoms with Gasteiger partial charge in [0.15, 0.2) is 0 Å². The Morgan fingerprint density at radius 1 is 1.14 bits per heavy atom. The molecule has 1 saturated heterocycles. The van der Waals surface area contributed by atoms with Gasteiger partial charge in [0.1, 0.15) is 5.75 Å². The van der Waals surface area contributed by atoms with Crippen molar-refractivity contribution < 1.29 is 4.74 Å². The number of nitrogens with two attached hydrogens (primary N) is 1. The molecule has 2 rings (SSSR count). The fraction of sp³-hybridized carbons (Fsp3) is 0.667. The molecule has 3 nitrogen and oxygen atoms in total. The molecule has 1 aromatic rings. The lowest BCUT2D eigenvalue weighted by Gasteiger charge is -2.41. The highest BCUT2D eigenvalue weighted by molar-refractivity contribution is 5.36. The summed E-state index contributed by atoms with van der Waals surface area (Å²) in [5, 5.41) is 0. The maximum Gasteiger partial charge on any atom is 0.123 e. The van der Waals surface area contributed by atoms with E-state index in [0.717, 1.165) is 30.7 Å². The lowest BCUT2D eigenvalue weighted by atomic mass is 9.85. The van der Waals surface area contributed by atoms with Crippen molar-refractivity contribution in [3.05, 3.63) is 29.8 Å². The molecule has 0 saturated carbocycles. The number of ether oxygens (including phenoxy) is 1. The van der Waals surface area contributed by atoms with Crippen molar-refractivity contribution in [2.75, 3.05) is 20.2 Å². The van der Waals surface area contributed by atoms with E-state index in [2.05, 4.69) is 37.8 Å². The lowest BCUT2D eigenvalue weighted by molar-refractivity contribution is 0.102. The monoisotopic (exact) mass is 290 g/mol. The molecule has 118 valence electrons. The van der Waals surface area contributed by atoms with Gasteiger partial charge in [0.05, 0.1) is 13.2 Å². The van der Waals surface area contributed by atoms with Crippen LogP contribution < -0.4 is 10.5 Å². The fourth-order valence-electron chi connectivity index (χ4n) is 3.59. The minimum atomic E-state index is 0.0944. The highest BCUT2D eigenvalue weighted by Gasteiger charge is 2.30. The maximum absolute atomic E-state index is 6.32. The maximum atomic E-state index is 6.32. The second kappa shape index (κ2) is 7.28. The third-order valence-electron chi connectivity index (χ3n) is 4.87. The Labute approximate surface area is 129 Å². The van der Waals surface area contributed by atoms with Crippen LogP contribution in [0.25, 0.3) is 0 Å². The molecule has 3 heteroatoms. The zero-order valence-electron chi connectivity index (χ0n) is 13.9. The zero-order valence-corrected chi connectivity index (χ0v) is 13.9. The summed E-state index contributed by atoms with van der Waals surface area (Å²) >= 11 is 0. The second-order valence-electron chi connectivity index (χ2n) is 6.66. The summed E-state index contributed by atoms with van der Waals surface area (Å²) in [6.07, 6.45) is 2.55. The van der Waals surface area contributed by atoms with E-state index in [9.17, 15) is 0 Å².